The van der Waals surface area contributed by atoms with Gasteiger partial charge in [0.05, 0.1) is 0 Å². The van der Waals surface area contributed by atoms with Crippen molar-refractivity contribution in [1.82, 2.24) is 15.8 Å². The maximum Gasteiger partial charge on any atom is 0.349 e. The van der Waals surface area contributed by atoms with Crippen LogP contribution in [0.2, 0.25) is 0 Å². The van der Waals surface area contributed by atoms with Gasteiger partial charge in [-0.15, -0.1) is 0 Å². The van der Waals surface area contributed by atoms with Crippen LogP contribution in [0.15, 0.2) is 39.5 Å². The summed E-state index contributed by atoms with van der Waals surface area (Å²) in [5.74, 6) is -0.858. The van der Waals surface area contributed by atoms with Crippen LogP contribution in [-0.4, -0.2) is 28.4 Å². The summed E-state index contributed by atoms with van der Waals surface area (Å²) >= 11 is 0. The van der Waals surface area contributed by atoms with Crippen molar-refractivity contribution >= 4 is 28.8 Å². The van der Waals surface area contributed by atoms with Crippen LogP contribution in [0.25, 0.3) is 11.0 Å². The lowest BCUT2D eigenvalue weighted by Crippen LogP contribution is -2.51. The molecule has 4 rings (SSSR count). The highest BCUT2D eigenvalue weighted by atomic mass is 16.4. The predicted molar refractivity (Wildman–Crippen MR) is 95.7 cm³/mol. The fraction of sp³-hybridized carbons (Fsp3) is 0.368. The Bertz CT molecular complexity index is 1000. The number of urea groups is 1. The maximum absolute atomic E-state index is 12.8. The Morgan fingerprint density at radius 3 is 2.67 bits per heavy atom. The minimum absolute atomic E-state index is 0.271. The van der Waals surface area contributed by atoms with Crippen molar-refractivity contribution in [2.24, 2.45) is 5.92 Å². The molecule has 140 valence electrons. The van der Waals surface area contributed by atoms with Gasteiger partial charge < -0.3 is 9.73 Å². The third kappa shape index (κ3) is 2.87. The Labute approximate surface area is 154 Å². The first kappa shape index (κ1) is 17.3. The van der Waals surface area contributed by atoms with E-state index in [1.807, 2.05) is 0 Å². The van der Waals surface area contributed by atoms with Crippen LogP contribution in [0.1, 0.15) is 43.0 Å². The Balaban J connectivity index is 1.58. The van der Waals surface area contributed by atoms with Crippen LogP contribution in [0.3, 0.4) is 0 Å². The lowest BCUT2D eigenvalue weighted by molar-refractivity contribution is -0.134. The summed E-state index contributed by atoms with van der Waals surface area (Å²) in [6, 6.07) is 7.46. The molecule has 2 aliphatic rings. The largest absolute Gasteiger partial charge is 0.422 e. The Hall–Kier alpha value is -3.16. The molecule has 2 fully saturated rings. The topological polar surface area (TPSA) is 109 Å². The molecule has 4 amide bonds. The number of para-hydroxylation sites is 1. The molecule has 27 heavy (non-hydrogen) atoms. The van der Waals surface area contributed by atoms with Crippen LogP contribution in [-0.2, 0) is 4.79 Å². The van der Waals surface area contributed by atoms with Gasteiger partial charge in [-0.25, -0.2) is 9.59 Å². The molecule has 2 aromatic rings. The van der Waals surface area contributed by atoms with Crippen LogP contribution < -0.4 is 16.4 Å². The lowest BCUT2D eigenvalue weighted by Gasteiger charge is -2.33. The van der Waals surface area contributed by atoms with Crippen LogP contribution in [0, 0.1) is 5.92 Å². The van der Waals surface area contributed by atoms with E-state index in [1.54, 1.807) is 24.3 Å². The summed E-state index contributed by atoms with van der Waals surface area (Å²) in [5, 5.41) is 3.95. The highest BCUT2D eigenvalue weighted by Gasteiger charge is 2.53. The number of carbonyl (C=O) groups excluding carboxylic acids is 3. The van der Waals surface area contributed by atoms with Gasteiger partial charge in [0, 0.05) is 5.39 Å². The Morgan fingerprint density at radius 2 is 1.93 bits per heavy atom. The average Bonchev–Trinajstić information content (AvgIpc) is 2.88. The zero-order valence-electron chi connectivity index (χ0n) is 14.8. The number of nitrogens with zero attached hydrogens (tertiary/aromatic N) is 1. The van der Waals surface area contributed by atoms with E-state index >= 15 is 0 Å². The van der Waals surface area contributed by atoms with E-state index in [9.17, 15) is 19.2 Å². The molecule has 0 bridgehead atoms. The second-order valence-electron chi connectivity index (χ2n) is 7.26. The number of hydrazine groups is 1. The number of amides is 4. The summed E-state index contributed by atoms with van der Waals surface area (Å²) in [6.07, 6.45) is 2.70. The molecule has 2 heterocycles. The smallest absolute Gasteiger partial charge is 0.349 e. The number of imide groups is 1. The normalized spacial score (nSPS) is 25.1. The quantitative estimate of drug-likeness (QED) is 0.621. The highest BCUT2D eigenvalue weighted by molar-refractivity contribution is 6.09. The number of nitrogens with one attached hydrogen (secondary N) is 2. The van der Waals surface area contributed by atoms with Crippen LogP contribution in [0.5, 0.6) is 0 Å². The zero-order chi connectivity index (χ0) is 19.2. The molecule has 1 aliphatic carbocycles. The number of hydrogen-bond donors (Lipinski definition) is 2. The molecule has 1 saturated carbocycles. The third-order valence-electron chi connectivity index (χ3n) is 5.39. The summed E-state index contributed by atoms with van der Waals surface area (Å²) in [4.78, 5) is 49.7. The van der Waals surface area contributed by atoms with E-state index in [-0.39, 0.29) is 5.56 Å². The van der Waals surface area contributed by atoms with Crippen LogP contribution >= 0.6 is 0 Å². The second kappa shape index (κ2) is 6.22. The van der Waals surface area contributed by atoms with Crippen molar-refractivity contribution in [3.63, 3.8) is 0 Å². The third-order valence-corrected chi connectivity index (χ3v) is 5.39. The Morgan fingerprint density at radius 1 is 1.22 bits per heavy atom. The number of rotatable bonds is 2. The van der Waals surface area contributed by atoms with Gasteiger partial charge in [-0.05, 0) is 43.7 Å². The molecule has 8 heteroatoms. The van der Waals surface area contributed by atoms with Crippen molar-refractivity contribution in [1.29, 1.82) is 0 Å². The zero-order valence-corrected chi connectivity index (χ0v) is 14.8. The first-order chi connectivity index (χ1) is 12.9. The standard InChI is InChI=1S/C19H19N3O5/c1-11-6-8-19(9-7-11)17(25)22(18(26)20-19)21-15(23)13-10-12-4-2-3-5-14(12)27-16(13)24/h2-5,10-11H,6-9H2,1H3,(H,20,26)(H,21,23). The predicted octanol–water partition coefficient (Wildman–Crippen LogP) is 1.94. The molecule has 0 radical (unpaired) electrons. The van der Waals surface area contributed by atoms with Gasteiger partial charge in [-0.3, -0.25) is 15.0 Å². The fourth-order valence-corrected chi connectivity index (χ4v) is 3.70. The van der Waals surface area contributed by atoms with Gasteiger partial charge in [0.25, 0.3) is 11.8 Å². The molecule has 1 spiro atoms. The van der Waals surface area contributed by atoms with Crippen molar-refractivity contribution in [2.45, 2.75) is 38.1 Å². The van der Waals surface area contributed by atoms with Crippen molar-refractivity contribution < 1.29 is 18.8 Å². The van der Waals surface area contributed by atoms with E-state index in [2.05, 4.69) is 17.7 Å². The number of fused-ring (bicyclic) bond motifs is 1. The fourth-order valence-electron chi connectivity index (χ4n) is 3.70. The maximum atomic E-state index is 12.8. The summed E-state index contributed by atoms with van der Waals surface area (Å²) in [5.41, 5.74) is 0.535. The lowest BCUT2D eigenvalue weighted by atomic mass is 9.77. The van der Waals surface area contributed by atoms with Gasteiger partial charge in [-0.2, -0.15) is 5.01 Å². The SMILES string of the molecule is CC1CCC2(CC1)NC(=O)N(NC(=O)c1cc3ccccc3oc1=O)C2=O. The van der Waals surface area contributed by atoms with E-state index in [4.69, 9.17) is 4.42 Å². The molecule has 1 saturated heterocycles. The van der Waals surface area contributed by atoms with E-state index < -0.39 is 29.0 Å². The molecular formula is C19H19N3O5. The van der Waals surface area contributed by atoms with Gasteiger partial charge in [0.1, 0.15) is 16.7 Å². The molecule has 2 N–H and O–H groups in total. The molecule has 1 aliphatic heterocycles. The van der Waals surface area contributed by atoms with Gasteiger partial charge in [-0.1, -0.05) is 25.1 Å². The summed E-state index contributed by atoms with van der Waals surface area (Å²) < 4.78 is 5.13. The van der Waals surface area contributed by atoms with Crippen LogP contribution in [0.4, 0.5) is 4.79 Å². The summed E-state index contributed by atoms with van der Waals surface area (Å²) in [7, 11) is 0. The minimum Gasteiger partial charge on any atom is -0.422 e. The number of carbonyl (C=O) groups is 3. The number of benzene rings is 1. The van der Waals surface area contributed by atoms with Gasteiger partial charge in [0.15, 0.2) is 0 Å². The molecular weight excluding hydrogens is 350 g/mol. The Kier molecular flexibility index (Phi) is 3.98. The minimum atomic E-state index is -0.967. The first-order valence-corrected chi connectivity index (χ1v) is 8.90. The van der Waals surface area contributed by atoms with Gasteiger partial charge in [0.2, 0.25) is 0 Å². The van der Waals surface area contributed by atoms with E-state index in [0.29, 0.717) is 34.7 Å². The highest BCUT2D eigenvalue weighted by Crippen LogP contribution is 2.35. The molecule has 0 atom stereocenters. The monoisotopic (exact) mass is 369 g/mol. The second-order valence-corrected chi connectivity index (χ2v) is 7.26. The first-order valence-electron chi connectivity index (χ1n) is 8.90. The molecule has 1 aromatic carbocycles. The average molecular weight is 369 g/mol. The van der Waals surface area contributed by atoms with E-state index in [0.717, 1.165) is 12.8 Å². The van der Waals surface area contributed by atoms with E-state index in [1.165, 1.54) is 6.07 Å². The van der Waals surface area contributed by atoms with Crippen molar-refractivity contribution in [3.05, 3.63) is 46.3 Å². The molecule has 0 unspecified atom stereocenters. The van der Waals surface area contributed by atoms with Crippen molar-refractivity contribution in [2.75, 3.05) is 0 Å². The number of hydrogen-bond acceptors (Lipinski definition) is 5. The van der Waals surface area contributed by atoms with Gasteiger partial charge >= 0.3 is 11.7 Å². The summed E-state index contributed by atoms with van der Waals surface area (Å²) in [6.45, 7) is 2.10. The molecule has 1 aromatic heterocycles. The molecule has 8 nitrogen and oxygen atoms in total. The van der Waals surface area contributed by atoms with Crippen molar-refractivity contribution in [3.8, 4) is 0 Å².